The van der Waals surface area contributed by atoms with E-state index in [0.29, 0.717) is 17.4 Å². The summed E-state index contributed by atoms with van der Waals surface area (Å²) in [5.41, 5.74) is 0.606. The number of ether oxygens (including phenoxy) is 1. The number of carbonyl (C=O) groups excluding carboxylic acids is 1. The third-order valence-electron chi connectivity index (χ3n) is 5.51. The zero-order valence-electron chi connectivity index (χ0n) is 17.0. The molecule has 2 atom stereocenters. The minimum Gasteiger partial charge on any atom is -0.546 e. The fourth-order valence-electron chi connectivity index (χ4n) is 2.95. The molecule has 0 heterocycles. The Morgan fingerprint density at radius 2 is 1.96 bits per heavy atom. The number of hydrogen-bond acceptors (Lipinski definition) is 3. The van der Waals surface area contributed by atoms with Crippen LogP contribution in [0.5, 0.6) is 0 Å². The molecule has 1 aliphatic rings. The summed E-state index contributed by atoms with van der Waals surface area (Å²) in [7, 11) is -0.622. The SMILES string of the molecule is COC(=O)C1=C(O[Si](C)(C)C(C)(C)C)CC[C@H](C(C)C)[C@H]1C#CCCl. The molecule has 0 aromatic carbocycles. The number of allylic oxidation sites excluding steroid dienone is 1. The summed E-state index contributed by atoms with van der Waals surface area (Å²) >= 11 is 5.78. The quantitative estimate of drug-likeness (QED) is 0.283. The van der Waals surface area contributed by atoms with Gasteiger partial charge in [-0.1, -0.05) is 46.5 Å². The van der Waals surface area contributed by atoms with E-state index in [4.69, 9.17) is 20.8 Å². The van der Waals surface area contributed by atoms with Crippen molar-refractivity contribution >= 4 is 25.9 Å². The van der Waals surface area contributed by atoms with Gasteiger partial charge in [0.1, 0.15) is 0 Å². The van der Waals surface area contributed by atoms with Gasteiger partial charge in [-0.05, 0) is 36.4 Å². The standard InChI is InChI=1S/C20H33ClO3Si/c1-14(2)15-11-12-17(24-25(7,8)20(3,4)5)18(19(22)23-6)16(15)10-9-13-21/h14-16H,11-13H2,1-8H3/t15-,16-/m1/s1. The van der Waals surface area contributed by atoms with Crippen LogP contribution in [0.3, 0.4) is 0 Å². The summed E-state index contributed by atoms with van der Waals surface area (Å²) in [5.74, 6) is 7.43. The van der Waals surface area contributed by atoms with E-state index in [1.165, 1.54) is 7.11 Å². The number of hydrogen-bond donors (Lipinski definition) is 0. The van der Waals surface area contributed by atoms with Crippen molar-refractivity contribution in [1.82, 2.24) is 0 Å². The number of rotatable bonds is 4. The fraction of sp³-hybridized carbons (Fsp3) is 0.750. The van der Waals surface area contributed by atoms with Gasteiger partial charge in [0.25, 0.3) is 0 Å². The molecule has 0 unspecified atom stereocenters. The largest absolute Gasteiger partial charge is 0.546 e. The van der Waals surface area contributed by atoms with Crippen molar-refractivity contribution in [2.45, 2.75) is 65.6 Å². The van der Waals surface area contributed by atoms with Gasteiger partial charge in [0.05, 0.1) is 30.2 Å². The molecule has 0 amide bonds. The highest BCUT2D eigenvalue weighted by Gasteiger charge is 2.43. The van der Waals surface area contributed by atoms with Crippen molar-refractivity contribution in [1.29, 1.82) is 0 Å². The average Bonchev–Trinajstić information content (AvgIpc) is 2.50. The Bertz CT molecular complexity index is 576. The van der Waals surface area contributed by atoms with E-state index in [9.17, 15) is 4.79 Å². The highest BCUT2D eigenvalue weighted by Crippen LogP contribution is 2.44. The summed E-state index contributed by atoms with van der Waals surface area (Å²) in [6.45, 7) is 15.3. The number of alkyl halides is 1. The average molecular weight is 385 g/mol. The van der Waals surface area contributed by atoms with Crippen LogP contribution in [-0.4, -0.2) is 27.3 Å². The Morgan fingerprint density at radius 1 is 1.36 bits per heavy atom. The lowest BCUT2D eigenvalue weighted by molar-refractivity contribution is -0.137. The van der Waals surface area contributed by atoms with Gasteiger partial charge in [-0.15, -0.1) is 11.6 Å². The minimum absolute atomic E-state index is 0.0629. The Hall–Kier alpha value is -0.923. The molecule has 0 saturated heterocycles. The summed E-state index contributed by atoms with van der Waals surface area (Å²) in [6.07, 6.45) is 1.72. The smallest absolute Gasteiger partial charge is 0.338 e. The predicted octanol–water partition coefficient (Wildman–Crippen LogP) is 5.36. The predicted molar refractivity (Wildman–Crippen MR) is 107 cm³/mol. The lowest BCUT2D eigenvalue weighted by Crippen LogP contribution is -2.42. The fourth-order valence-corrected chi connectivity index (χ4v) is 4.16. The Labute approximate surface area is 159 Å². The van der Waals surface area contributed by atoms with Crippen LogP contribution in [0.1, 0.15) is 47.5 Å². The lowest BCUT2D eigenvalue weighted by atomic mass is 9.72. The van der Waals surface area contributed by atoms with E-state index in [1.54, 1.807) is 0 Å². The van der Waals surface area contributed by atoms with E-state index in [-0.39, 0.29) is 22.8 Å². The van der Waals surface area contributed by atoms with Gasteiger partial charge in [-0.2, -0.15) is 0 Å². The molecule has 0 saturated carbocycles. The third-order valence-corrected chi connectivity index (χ3v) is 10.0. The summed E-state index contributed by atoms with van der Waals surface area (Å²) in [6, 6.07) is 0. The summed E-state index contributed by atoms with van der Waals surface area (Å²) < 4.78 is 11.6. The van der Waals surface area contributed by atoms with Crippen molar-refractivity contribution in [3.63, 3.8) is 0 Å². The van der Waals surface area contributed by atoms with Crippen LogP contribution >= 0.6 is 11.6 Å². The van der Waals surface area contributed by atoms with Gasteiger partial charge >= 0.3 is 5.97 Å². The molecule has 5 heteroatoms. The molecule has 0 aromatic heterocycles. The molecule has 0 fully saturated rings. The highest BCUT2D eigenvalue weighted by molar-refractivity contribution is 6.74. The normalized spacial score (nSPS) is 21.7. The summed E-state index contributed by atoms with van der Waals surface area (Å²) in [4.78, 5) is 12.6. The topological polar surface area (TPSA) is 35.5 Å². The first-order valence-corrected chi connectivity index (χ1v) is 12.4. The van der Waals surface area contributed by atoms with Crippen molar-refractivity contribution in [2.75, 3.05) is 13.0 Å². The van der Waals surface area contributed by atoms with Crippen molar-refractivity contribution in [3.8, 4) is 11.8 Å². The molecule has 0 radical (unpaired) electrons. The van der Waals surface area contributed by atoms with E-state index < -0.39 is 8.32 Å². The van der Waals surface area contributed by atoms with Crippen LogP contribution in [0.25, 0.3) is 0 Å². The highest BCUT2D eigenvalue weighted by atomic mass is 35.5. The zero-order chi connectivity index (χ0) is 19.4. The second kappa shape index (κ2) is 8.64. The number of esters is 1. The monoisotopic (exact) mass is 384 g/mol. The van der Waals surface area contributed by atoms with Gasteiger partial charge in [-0.25, -0.2) is 4.79 Å². The molecule has 25 heavy (non-hydrogen) atoms. The maximum absolute atomic E-state index is 12.6. The molecule has 142 valence electrons. The van der Waals surface area contributed by atoms with Gasteiger partial charge in [-0.3, -0.25) is 0 Å². The third kappa shape index (κ3) is 5.28. The zero-order valence-corrected chi connectivity index (χ0v) is 18.7. The van der Waals surface area contributed by atoms with E-state index in [1.807, 2.05) is 0 Å². The van der Waals surface area contributed by atoms with E-state index >= 15 is 0 Å². The molecular weight excluding hydrogens is 352 g/mol. The first-order valence-electron chi connectivity index (χ1n) is 9.01. The Balaban J connectivity index is 3.44. The maximum atomic E-state index is 12.6. The minimum atomic E-state index is -2.04. The van der Waals surface area contributed by atoms with Crippen LogP contribution in [0.2, 0.25) is 18.1 Å². The molecule has 1 aliphatic carbocycles. The second-order valence-corrected chi connectivity index (χ2v) is 13.6. The number of halogens is 1. The van der Waals surface area contributed by atoms with Crippen molar-refractivity contribution in [3.05, 3.63) is 11.3 Å². The Morgan fingerprint density at radius 3 is 2.40 bits per heavy atom. The molecule has 0 N–H and O–H groups in total. The van der Waals surface area contributed by atoms with Crippen molar-refractivity contribution < 1.29 is 14.0 Å². The first-order chi connectivity index (χ1) is 11.5. The van der Waals surface area contributed by atoms with Crippen LogP contribution < -0.4 is 0 Å². The molecule has 0 aliphatic heterocycles. The van der Waals surface area contributed by atoms with Gasteiger partial charge in [0, 0.05) is 6.42 Å². The molecule has 0 bridgehead atoms. The van der Waals surface area contributed by atoms with Crippen molar-refractivity contribution in [2.24, 2.45) is 17.8 Å². The van der Waals surface area contributed by atoms with Gasteiger partial charge in [0.2, 0.25) is 8.32 Å². The lowest BCUT2D eigenvalue weighted by Gasteiger charge is -2.41. The van der Waals surface area contributed by atoms with Crippen LogP contribution in [0, 0.1) is 29.6 Å². The van der Waals surface area contributed by atoms with E-state index in [0.717, 1.165) is 18.6 Å². The van der Waals surface area contributed by atoms with Crippen LogP contribution in [0.4, 0.5) is 0 Å². The van der Waals surface area contributed by atoms with Gasteiger partial charge in [0.15, 0.2) is 0 Å². The second-order valence-electron chi connectivity index (χ2n) is 8.57. The maximum Gasteiger partial charge on any atom is 0.338 e. The van der Waals surface area contributed by atoms with Gasteiger partial charge < -0.3 is 9.16 Å². The molecule has 3 nitrogen and oxygen atoms in total. The molecule has 0 spiro atoms. The van der Waals surface area contributed by atoms with Crippen LogP contribution in [0.15, 0.2) is 11.3 Å². The number of carbonyl (C=O) groups is 1. The Kier molecular flexibility index (Phi) is 7.65. The molecule has 0 aromatic rings. The molecule has 1 rings (SSSR count). The van der Waals surface area contributed by atoms with E-state index in [2.05, 4.69) is 59.6 Å². The summed E-state index contributed by atoms with van der Waals surface area (Å²) in [5, 5.41) is 0.0629. The number of methoxy groups -OCH3 is 1. The molecular formula is C20H33ClO3Si. The van der Waals surface area contributed by atoms with Crippen LogP contribution in [-0.2, 0) is 14.0 Å². The first kappa shape index (κ1) is 22.1.